The van der Waals surface area contributed by atoms with Gasteiger partial charge in [-0.15, -0.1) is 0 Å². The van der Waals surface area contributed by atoms with E-state index in [9.17, 15) is 5.11 Å². The number of ether oxygens (including phenoxy) is 2. The quantitative estimate of drug-likeness (QED) is 0.441. The molecule has 0 spiro atoms. The largest absolute Gasteiger partial charge is 0.393 e. The molecule has 0 saturated carbocycles. The van der Waals surface area contributed by atoms with Crippen LogP contribution in [0, 0.1) is 11.3 Å². The number of aliphatic hydroxyl groups is 1. The summed E-state index contributed by atoms with van der Waals surface area (Å²) in [5.41, 5.74) is 8.40. The zero-order chi connectivity index (χ0) is 12.3. The third kappa shape index (κ3) is 2.62. The summed E-state index contributed by atoms with van der Waals surface area (Å²) in [4.78, 5) is 2.64. The lowest BCUT2D eigenvalue weighted by Gasteiger charge is -2.22. The van der Waals surface area contributed by atoms with Gasteiger partial charge >= 0.3 is 0 Å². The van der Waals surface area contributed by atoms with Crippen LogP contribution >= 0.6 is 0 Å². The van der Waals surface area contributed by atoms with Crippen LogP contribution in [-0.2, 0) is 9.47 Å². The summed E-state index contributed by atoms with van der Waals surface area (Å²) in [5.74, 6) is -0.914. The highest BCUT2D eigenvalue weighted by molar-refractivity contribution is 5.02. The molecule has 1 fully saturated rings. The molecule has 0 aromatic rings. The number of rotatable bonds is 3. The van der Waals surface area contributed by atoms with Gasteiger partial charge in [-0.1, -0.05) is 5.11 Å². The Kier molecular flexibility index (Phi) is 3.73. The van der Waals surface area contributed by atoms with E-state index in [0.717, 1.165) is 0 Å². The fourth-order valence-corrected chi connectivity index (χ4v) is 1.64. The van der Waals surface area contributed by atoms with Gasteiger partial charge in [-0.05, 0) is 26.3 Å². The van der Waals surface area contributed by atoms with Gasteiger partial charge in [0.2, 0.25) is 0 Å². The van der Waals surface area contributed by atoms with Gasteiger partial charge in [-0.25, -0.2) is 0 Å². The van der Waals surface area contributed by atoms with Crippen molar-refractivity contribution in [3.05, 3.63) is 10.4 Å². The molecule has 1 aliphatic rings. The summed E-state index contributed by atoms with van der Waals surface area (Å²) in [5, 5.41) is 21.8. The number of hydrogen-bond donors (Lipinski definition) is 1. The van der Waals surface area contributed by atoms with Crippen molar-refractivity contribution in [3.8, 4) is 6.07 Å². The fraction of sp³-hybridized carbons (Fsp3) is 0.889. The Bertz CT molecular complexity index is 343. The first-order chi connectivity index (χ1) is 7.41. The summed E-state index contributed by atoms with van der Waals surface area (Å²) >= 11 is 0. The number of aliphatic hydroxyl groups excluding tert-OH is 1. The van der Waals surface area contributed by atoms with Crippen molar-refractivity contribution in [1.82, 2.24) is 0 Å². The van der Waals surface area contributed by atoms with Crippen molar-refractivity contribution in [1.29, 1.82) is 5.26 Å². The molecule has 1 heterocycles. The molecule has 0 unspecified atom stereocenters. The topological polar surface area (TPSA) is 111 Å². The molecule has 0 radical (unpaired) electrons. The third-order valence-electron chi connectivity index (χ3n) is 2.27. The minimum atomic E-state index is -0.914. The SMILES string of the molecule is C[C@@H](O)[C@@H](N=[N+]=[N-])[C@@H]1OC(C)(C)O[C@@H]1C#N. The molecule has 1 N–H and O–H groups in total. The van der Waals surface area contributed by atoms with Gasteiger partial charge in [0.1, 0.15) is 6.10 Å². The molecule has 7 nitrogen and oxygen atoms in total. The normalized spacial score (nSPS) is 31.2. The van der Waals surface area contributed by atoms with Crippen molar-refractivity contribution in [2.24, 2.45) is 5.11 Å². The molecule has 0 aromatic carbocycles. The number of nitriles is 1. The highest BCUT2D eigenvalue weighted by atomic mass is 16.8. The number of hydrogen-bond acceptors (Lipinski definition) is 5. The maximum Gasteiger partial charge on any atom is 0.173 e. The zero-order valence-corrected chi connectivity index (χ0v) is 9.36. The summed E-state index contributed by atoms with van der Waals surface area (Å²) < 4.78 is 10.8. The Labute approximate surface area is 93.2 Å². The molecule has 0 aliphatic carbocycles. The maximum absolute atomic E-state index is 9.48. The molecule has 0 aromatic heterocycles. The second-order valence-corrected chi connectivity index (χ2v) is 4.09. The van der Waals surface area contributed by atoms with Crippen molar-refractivity contribution in [3.63, 3.8) is 0 Å². The molecule has 0 amide bonds. The van der Waals surface area contributed by atoms with Crippen molar-refractivity contribution < 1.29 is 14.6 Å². The molecule has 4 atom stereocenters. The molecular formula is C9H14N4O3. The van der Waals surface area contributed by atoms with E-state index in [2.05, 4.69) is 10.0 Å². The summed E-state index contributed by atoms with van der Waals surface area (Å²) in [6.07, 6.45) is -2.51. The zero-order valence-electron chi connectivity index (χ0n) is 9.36. The monoisotopic (exact) mass is 226 g/mol. The van der Waals surface area contributed by atoms with Gasteiger partial charge in [0.15, 0.2) is 11.9 Å². The van der Waals surface area contributed by atoms with Crippen LogP contribution < -0.4 is 0 Å². The van der Waals surface area contributed by atoms with E-state index in [1.54, 1.807) is 13.8 Å². The fourth-order valence-electron chi connectivity index (χ4n) is 1.64. The predicted octanol–water partition coefficient (Wildman–Crippen LogP) is 1.09. The summed E-state index contributed by atoms with van der Waals surface area (Å²) in [6.45, 7) is 4.79. The van der Waals surface area contributed by atoms with Crippen LogP contribution in [0.2, 0.25) is 0 Å². The van der Waals surface area contributed by atoms with Gasteiger partial charge in [0.25, 0.3) is 0 Å². The van der Waals surface area contributed by atoms with E-state index in [4.69, 9.17) is 20.3 Å². The van der Waals surface area contributed by atoms with E-state index < -0.39 is 30.1 Å². The lowest BCUT2D eigenvalue weighted by molar-refractivity contribution is -0.146. The van der Waals surface area contributed by atoms with Gasteiger partial charge in [-0.3, -0.25) is 0 Å². The smallest absolute Gasteiger partial charge is 0.173 e. The minimum absolute atomic E-state index is 0.754. The number of nitrogens with zero attached hydrogens (tertiary/aromatic N) is 4. The molecule has 1 saturated heterocycles. The second-order valence-electron chi connectivity index (χ2n) is 4.09. The van der Waals surface area contributed by atoms with Crippen LogP contribution in [0.5, 0.6) is 0 Å². The van der Waals surface area contributed by atoms with E-state index >= 15 is 0 Å². The Morgan fingerprint density at radius 1 is 1.56 bits per heavy atom. The van der Waals surface area contributed by atoms with Crippen LogP contribution in [0.25, 0.3) is 10.4 Å². The summed E-state index contributed by atoms with van der Waals surface area (Å²) in [7, 11) is 0. The average molecular weight is 226 g/mol. The van der Waals surface area contributed by atoms with Crippen LogP contribution in [0.1, 0.15) is 20.8 Å². The Hall–Kier alpha value is -1.32. The Balaban J connectivity index is 2.93. The van der Waals surface area contributed by atoms with E-state index in [1.165, 1.54) is 6.92 Å². The Morgan fingerprint density at radius 2 is 2.19 bits per heavy atom. The van der Waals surface area contributed by atoms with Crippen molar-refractivity contribution in [2.75, 3.05) is 0 Å². The second kappa shape index (κ2) is 4.68. The molecule has 1 aliphatic heterocycles. The maximum atomic E-state index is 9.48. The molecule has 7 heteroatoms. The van der Waals surface area contributed by atoms with E-state index in [0.29, 0.717) is 0 Å². The number of azide groups is 1. The highest BCUT2D eigenvalue weighted by Gasteiger charge is 2.46. The minimum Gasteiger partial charge on any atom is -0.393 e. The Morgan fingerprint density at radius 3 is 2.62 bits per heavy atom. The lowest BCUT2D eigenvalue weighted by Crippen LogP contribution is -2.40. The van der Waals surface area contributed by atoms with Gasteiger partial charge < -0.3 is 14.6 Å². The lowest BCUT2D eigenvalue weighted by atomic mass is 10.0. The average Bonchev–Trinajstić information content (AvgIpc) is 2.49. The van der Waals surface area contributed by atoms with Gasteiger partial charge in [0.05, 0.1) is 18.2 Å². The van der Waals surface area contributed by atoms with Gasteiger partial charge in [0, 0.05) is 4.91 Å². The van der Waals surface area contributed by atoms with Crippen LogP contribution in [0.4, 0.5) is 0 Å². The molecule has 16 heavy (non-hydrogen) atoms. The van der Waals surface area contributed by atoms with Crippen LogP contribution in [0.3, 0.4) is 0 Å². The van der Waals surface area contributed by atoms with Crippen LogP contribution in [-0.4, -0.2) is 35.2 Å². The molecular weight excluding hydrogens is 212 g/mol. The van der Waals surface area contributed by atoms with Gasteiger partial charge in [-0.2, -0.15) is 5.26 Å². The third-order valence-corrected chi connectivity index (χ3v) is 2.27. The van der Waals surface area contributed by atoms with E-state index in [1.807, 2.05) is 6.07 Å². The predicted molar refractivity (Wildman–Crippen MR) is 54.1 cm³/mol. The molecule has 88 valence electrons. The van der Waals surface area contributed by atoms with Crippen molar-refractivity contribution in [2.45, 2.75) is 50.9 Å². The molecule has 0 bridgehead atoms. The first-order valence-electron chi connectivity index (χ1n) is 4.89. The van der Waals surface area contributed by atoms with Crippen molar-refractivity contribution >= 4 is 0 Å². The van der Waals surface area contributed by atoms with Crippen LogP contribution in [0.15, 0.2) is 5.11 Å². The highest BCUT2D eigenvalue weighted by Crippen LogP contribution is 2.31. The standard InChI is InChI=1S/C9H14N4O3/c1-5(14)7(12-13-11)8-6(4-10)15-9(2,3)16-8/h5-8,14H,1-3H3/t5-,6-,7-,8-/m1/s1. The summed E-state index contributed by atoms with van der Waals surface area (Å²) in [6, 6.07) is 1.09. The van der Waals surface area contributed by atoms with E-state index in [-0.39, 0.29) is 0 Å². The first-order valence-corrected chi connectivity index (χ1v) is 4.89. The molecule has 1 rings (SSSR count). The first kappa shape index (κ1) is 12.7.